The molecule has 0 unspecified atom stereocenters. The SMILES string of the molecule is C/C=C(N)\C(O)=C(/C)OC. The third-order valence-corrected chi connectivity index (χ3v) is 1.22. The molecule has 3 N–H and O–H groups in total. The van der Waals surface area contributed by atoms with Crippen molar-refractivity contribution in [1.82, 2.24) is 0 Å². The molecule has 10 heavy (non-hydrogen) atoms. The van der Waals surface area contributed by atoms with E-state index in [0.29, 0.717) is 11.5 Å². The van der Waals surface area contributed by atoms with E-state index in [0.717, 1.165) is 0 Å². The van der Waals surface area contributed by atoms with Gasteiger partial charge in [-0.25, -0.2) is 0 Å². The van der Waals surface area contributed by atoms with E-state index in [4.69, 9.17) is 15.6 Å². The zero-order chi connectivity index (χ0) is 8.15. The van der Waals surface area contributed by atoms with Crippen LogP contribution in [0.1, 0.15) is 13.8 Å². The van der Waals surface area contributed by atoms with Crippen molar-refractivity contribution in [1.29, 1.82) is 0 Å². The van der Waals surface area contributed by atoms with Gasteiger partial charge in [0.25, 0.3) is 0 Å². The Bertz CT molecular complexity index is 170. The number of hydrogen-bond donors (Lipinski definition) is 2. The number of methoxy groups -OCH3 is 1. The molecule has 0 bridgehead atoms. The molecule has 0 aromatic heterocycles. The van der Waals surface area contributed by atoms with Gasteiger partial charge in [0.1, 0.15) is 5.76 Å². The van der Waals surface area contributed by atoms with Crippen LogP contribution in [-0.4, -0.2) is 12.2 Å². The van der Waals surface area contributed by atoms with Crippen molar-refractivity contribution < 1.29 is 9.84 Å². The summed E-state index contributed by atoms with van der Waals surface area (Å²) in [6, 6.07) is 0. The number of rotatable bonds is 2. The molecule has 0 amide bonds. The van der Waals surface area contributed by atoms with Gasteiger partial charge in [-0.05, 0) is 13.8 Å². The van der Waals surface area contributed by atoms with E-state index in [-0.39, 0.29) is 5.76 Å². The van der Waals surface area contributed by atoms with E-state index >= 15 is 0 Å². The minimum atomic E-state index is 0.00463. The molecule has 0 aliphatic carbocycles. The third-order valence-electron chi connectivity index (χ3n) is 1.22. The van der Waals surface area contributed by atoms with Gasteiger partial charge in [0, 0.05) is 0 Å². The van der Waals surface area contributed by atoms with Crippen molar-refractivity contribution in [2.24, 2.45) is 5.73 Å². The Morgan fingerprint density at radius 3 is 2.40 bits per heavy atom. The van der Waals surface area contributed by atoms with E-state index in [1.807, 2.05) is 0 Å². The van der Waals surface area contributed by atoms with Gasteiger partial charge in [0.15, 0.2) is 5.76 Å². The van der Waals surface area contributed by atoms with Crippen LogP contribution in [0.2, 0.25) is 0 Å². The Labute approximate surface area is 60.8 Å². The standard InChI is InChI=1S/C7H13NO2/c1-4-6(8)7(9)5(2)10-3/h4,9H,8H2,1-3H3/b6-4+,7-5-. The first-order valence-electron chi connectivity index (χ1n) is 2.99. The van der Waals surface area contributed by atoms with E-state index < -0.39 is 0 Å². The molecule has 0 saturated carbocycles. The van der Waals surface area contributed by atoms with Crippen LogP contribution in [0.4, 0.5) is 0 Å². The Morgan fingerprint density at radius 1 is 1.60 bits per heavy atom. The molecular weight excluding hydrogens is 130 g/mol. The first kappa shape index (κ1) is 8.88. The number of hydrogen-bond acceptors (Lipinski definition) is 3. The fourth-order valence-corrected chi connectivity index (χ4v) is 0.437. The van der Waals surface area contributed by atoms with E-state index in [1.54, 1.807) is 19.9 Å². The highest BCUT2D eigenvalue weighted by atomic mass is 16.5. The zero-order valence-corrected chi connectivity index (χ0v) is 6.51. The Balaban J connectivity index is 4.46. The van der Waals surface area contributed by atoms with Crippen molar-refractivity contribution >= 4 is 0 Å². The van der Waals surface area contributed by atoms with Gasteiger partial charge in [0.05, 0.1) is 12.8 Å². The normalized spacial score (nSPS) is 14.5. The van der Waals surface area contributed by atoms with Gasteiger partial charge in [-0.3, -0.25) is 0 Å². The number of allylic oxidation sites excluding steroid dienone is 2. The van der Waals surface area contributed by atoms with E-state index in [2.05, 4.69) is 0 Å². The molecule has 0 spiro atoms. The van der Waals surface area contributed by atoms with Crippen LogP contribution in [0.3, 0.4) is 0 Å². The zero-order valence-electron chi connectivity index (χ0n) is 6.51. The molecule has 0 radical (unpaired) electrons. The number of aliphatic hydroxyl groups excluding tert-OH is 1. The van der Waals surface area contributed by atoms with Crippen molar-refractivity contribution in [3.63, 3.8) is 0 Å². The summed E-state index contributed by atoms with van der Waals surface area (Å²) < 4.78 is 4.74. The van der Waals surface area contributed by atoms with E-state index in [9.17, 15) is 0 Å². The van der Waals surface area contributed by atoms with Crippen LogP contribution in [0.5, 0.6) is 0 Å². The van der Waals surface area contributed by atoms with Gasteiger partial charge in [0.2, 0.25) is 0 Å². The highest BCUT2D eigenvalue weighted by Crippen LogP contribution is 2.06. The average Bonchev–Trinajstić information content (AvgIpc) is 2.00. The summed E-state index contributed by atoms with van der Waals surface area (Å²) in [5.74, 6) is 0.431. The molecule has 0 aromatic carbocycles. The summed E-state index contributed by atoms with van der Waals surface area (Å²) in [4.78, 5) is 0. The molecule has 0 aliphatic rings. The second-order valence-corrected chi connectivity index (χ2v) is 1.85. The molecule has 0 atom stereocenters. The van der Waals surface area contributed by atoms with Crippen molar-refractivity contribution in [2.75, 3.05) is 7.11 Å². The molecule has 3 nitrogen and oxygen atoms in total. The monoisotopic (exact) mass is 143 g/mol. The lowest BCUT2D eigenvalue weighted by molar-refractivity contribution is 0.259. The predicted octanol–water partition coefficient (Wildman–Crippen LogP) is 1.28. The summed E-state index contributed by atoms with van der Waals surface area (Å²) in [7, 11) is 1.48. The van der Waals surface area contributed by atoms with Crippen LogP contribution in [0.25, 0.3) is 0 Å². The van der Waals surface area contributed by atoms with Gasteiger partial charge in [-0.1, -0.05) is 6.08 Å². The first-order valence-corrected chi connectivity index (χ1v) is 2.99. The molecule has 0 fully saturated rings. The van der Waals surface area contributed by atoms with Crippen LogP contribution in [0, 0.1) is 0 Å². The average molecular weight is 143 g/mol. The first-order chi connectivity index (χ1) is 4.63. The molecular formula is C7H13NO2. The summed E-state index contributed by atoms with van der Waals surface area (Å²) in [6.45, 7) is 3.39. The minimum absolute atomic E-state index is 0.00463. The molecule has 3 heteroatoms. The van der Waals surface area contributed by atoms with E-state index in [1.165, 1.54) is 7.11 Å². The highest BCUT2D eigenvalue weighted by Gasteiger charge is 2.00. The summed E-state index contributed by atoms with van der Waals surface area (Å²) >= 11 is 0. The summed E-state index contributed by atoms with van der Waals surface area (Å²) in [6.07, 6.45) is 1.61. The second kappa shape index (κ2) is 3.82. The van der Waals surface area contributed by atoms with Crippen LogP contribution in [0.15, 0.2) is 23.3 Å². The highest BCUT2D eigenvalue weighted by molar-refractivity contribution is 5.22. The van der Waals surface area contributed by atoms with Gasteiger partial charge >= 0.3 is 0 Å². The third kappa shape index (κ3) is 2.01. The lowest BCUT2D eigenvalue weighted by atomic mass is 10.3. The second-order valence-electron chi connectivity index (χ2n) is 1.85. The maximum Gasteiger partial charge on any atom is 0.176 e. The van der Waals surface area contributed by atoms with Gasteiger partial charge in [-0.2, -0.15) is 0 Å². The van der Waals surface area contributed by atoms with Gasteiger partial charge < -0.3 is 15.6 Å². The summed E-state index contributed by atoms with van der Waals surface area (Å²) in [5.41, 5.74) is 5.70. The lowest BCUT2D eigenvalue weighted by Crippen LogP contribution is -2.03. The van der Waals surface area contributed by atoms with Gasteiger partial charge in [-0.15, -0.1) is 0 Å². The van der Waals surface area contributed by atoms with Crippen molar-refractivity contribution in [3.05, 3.63) is 23.3 Å². The largest absolute Gasteiger partial charge is 0.503 e. The summed E-state index contributed by atoms with van der Waals surface area (Å²) in [5, 5.41) is 9.15. The minimum Gasteiger partial charge on any atom is -0.503 e. The molecule has 0 saturated heterocycles. The topological polar surface area (TPSA) is 55.5 Å². The molecule has 0 rings (SSSR count). The maximum absolute atomic E-state index is 9.15. The Morgan fingerprint density at radius 2 is 2.10 bits per heavy atom. The molecule has 58 valence electrons. The number of aliphatic hydroxyl groups is 1. The smallest absolute Gasteiger partial charge is 0.176 e. The van der Waals surface area contributed by atoms with Crippen molar-refractivity contribution in [3.8, 4) is 0 Å². The van der Waals surface area contributed by atoms with Crippen LogP contribution in [-0.2, 0) is 4.74 Å². The lowest BCUT2D eigenvalue weighted by Gasteiger charge is -2.03. The van der Waals surface area contributed by atoms with Crippen LogP contribution >= 0.6 is 0 Å². The molecule has 0 aromatic rings. The predicted molar refractivity (Wildman–Crippen MR) is 40.3 cm³/mol. The maximum atomic E-state index is 9.15. The fourth-order valence-electron chi connectivity index (χ4n) is 0.437. The Kier molecular flexibility index (Phi) is 3.39. The van der Waals surface area contributed by atoms with Crippen LogP contribution < -0.4 is 5.73 Å². The Hall–Kier alpha value is -1.12. The fraction of sp³-hybridized carbons (Fsp3) is 0.429. The molecule has 0 heterocycles. The number of nitrogens with two attached hydrogens (primary N) is 1. The molecule has 0 aliphatic heterocycles. The quantitative estimate of drug-likeness (QED) is 0.452. The number of ether oxygens (including phenoxy) is 1. The van der Waals surface area contributed by atoms with Crippen molar-refractivity contribution in [2.45, 2.75) is 13.8 Å².